The van der Waals surface area contributed by atoms with E-state index in [2.05, 4.69) is 91.8 Å². The van der Waals surface area contributed by atoms with Crippen LogP contribution in [0.1, 0.15) is 119 Å². The van der Waals surface area contributed by atoms with E-state index < -0.39 is 62.1 Å². The molecule has 0 amide bonds. The summed E-state index contributed by atoms with van der Waals surface area (Å²) in [4.78, 5) is 0. The maximum atomic E-state index is 11.6. The van der Waals surface area contributed by atoms with Crippen molar-refractivity contribution in [3.8, 4) is 0 Å². The summed E-state index contributed by atoms with van der Waals surface area (Å²) in [6.07, 6.45) is 3.47. The molecule has 4 aliphatic heterocycles. The molecule has 0 saturated carbocycles. The van der Waals surface area contributed by atoms with Gasteiger partial charge in [0.15, 0.2) is 12.1 Å². The van der Waals surface area contributed by atoms with E-state index >= 15 is 0 Å². The van der Waals surface area contributed by atoms with Gasteiger partial charge in [-0.15, -0.1) is 0 Å². The topological polar surface area (TPSA) is 125 Å². The highest BCUT2D eigenvalue weighted by molar-refractivity contribution is 6.77. The van der Waals surface area contributed by atoms with Crippen LogP contribution in [0.3, 0.4) is 0 Å². The van der Waals surface area contributed by atoms with E-state index in [1.54, 1.807) is 7.11 Å². The van der Waals surface area contributed by atoms with Crippen molar-refractivity contribution in [2.45, 2.75) is 210 Å². The molecule has 4 heterocycles. The van der Waals surface area contributed by atoms with Crippen LogP contribution in [0.25, 0.3) is 0 Å². The van der Waals surface area contributed by atoms with Gasteiger partial charge >= 0.3 is 0 Å². The number of benzene rings is 2. The van der Waals surface area contributed by atoms with E-state index in [0.29, 0.717) is 68.9 Å². The van der Waals surface area contributed by atoms with Crippen LogP contribution in [0, 0.1) is 5.92 Å². The molecule has 4 fully saturated rings. The van der Waals surface area contributed by atoms with Crippen molar-refractivity contribution in [2.24, 2.45) is 5.92 Å². The van der Waals surface area contributed by atoms with E-state index in [9.17, 15) is 5.11 Å². The second-order valence-electron chi connectivity index (χ2n) is 21.0. The van der Waals surface area contributed by atoms with Crippen molar-refractivity contribution in [1.29, 1.82) is 0 Å². The molecular formula is C53H84O12Si. The number of hydrogen-bond donors (Lipinski definition) is 1. The van der Waals surface area contributed by atoms with E-state index in [0.717, 1.165) is 24.0 Å². The minimum atomic E-state index is -2.44. The number of aliphatic hydroxyl groups excluding tert-OH is 1. The zero-order valence-electron chi connectivity index (χ0n) is 42.1. The van der Waals surface area contributed by atoms with E-state index in [4.69, 9.17) is 51.8 Å². The van der Waals surface area contributed by atoms with Crippen molar-refractivity contribution < 1.29 is 56.9 Å². The third-order valence-electron chi connectivity index (χ3n) is 14.6. The van der Waals surface area contributed by atoms with Crippen molar-refractivity contribution in [1.82, 2.24) is 0 Å². The van der Waals surface area contributed by atoms with Gasteiger partial charge < -0.3 is 56.9 Å². The Morgan fingerprint density at radius 1 is 0.803 bits per heavy atom. The number of rotatable bonds is 24. The molecule has 0 aromatic heterocycles. The van der Waals surface area contributed by atoms with Gasteiger partial charge in [-0.1, -0.05) is 114 Å². The highest BCUT2D eigenvalue weighted by Gasteiger charge is 2.58. The highest BCUT2D eigenvalue weighted by Crippen LogP contribution is 2.48. The fourth-order valence-corrected chi connectivity index (χ4v) is 16.4. The first-order valence-electron chi connectivity index (χ1n) is 24.7. The molecule has 0 spiro atoms. The lowest BCUT2D eigenvalue weighted by atomic mass is 9.88. The number of aliphatic hydroxyl groups is 1. The first-order chi connectivity index (χ1) is 31.4. The van der Waals surface area contributed by atoms with E-state index in [1.165, 1.54) is 0 Å². The number of ether oxygens (including phenoxy) is 10. The quantitative estimate of drug-likeness (QED) is 0.0466. The second-order valence-corrected chi connectivity index (χ2v) is 26.4. The Bertz CT molecular complexity index is 1730. The van der Waals surface area contributed by atoms with Crippen molar-refractivity contribution >= 4 is 8.32 Å². The van der Waals surface area contributed by atoms with Crippen molar-refractivity contribution in [3.63, 3.8) is 0 Å². The average molecular weight is 941 g/mol. The van der Waals surface area contributed by atoms with Gasteiger partial charge in [-0.3, -0.25) is 0 Å². The molecule has 13 heteroatoms. The zero-order chi connectivity index (χ0) is 47.7. The van der Waals surface area contributed by atoms with Crippen molar-refractivity contribution in [2.75, 3.05) is 33.7 Å². The molecule has 0 aliphatic carbocycles. The monoisotopic (exact) mass is 941 g/mol. The molecule has 4 aliphatic rings. The Labute approximate surface area is 397 Å². The summed E-state index contributed by atoms with van der Waals surface area (Å²) in [6, 6.07) is 20.4. The number of hydrogen-bond acceptors (Lipinski definition) is 12. The van der Waals surface area contributed by atoms with Gasteiger partial charge in [0.2, 0.25) is 8.32 Å². The SMILES string of the molecule is C/C=C\[C@H](CC[C@]1(C)O[C@H]1C[C@H]1O[C@H](CC2COC(C)(C)OC2)C[C@H](OCOC)[C@@H]1O)O[C@@H]1[C@H](O[Si](C(C)C)(C(C)C)C(C)C)CO[C@@H](OCc2ccccc2)[C@]1(C)OCc1ccccc1. The van der Waals surface area contributed by atoms with Gasteiger partial charge in [0.25, 0.3) is 0 Å². The third-order valence-corrected chi connectivity index (χ3v) is 20.7. The maximum absolute atomic E-state index is 11.6. The van der Waals surface area contributed by atoms with Crippen molar-refractivity contribution in [3.05, 3.63) is 83.9 Å². The largest absolute Gasteiger partial charge is 0.408 e. The minimum absolute atomic E-state index is 0.0970. The fourth-order valence-electron chi connectivity index (χ4n) is 10.8. The zero-order valence-corrected chi connectivity index (χ0v) is 43.1. The van der Waals surface area contributed by atoms with Crippen LogP contribution in [0.15, 0.2) is 72.8 Å². The standard InChI is InChI=1S/C53H84O12Si/c1-13-20-42(25-26-52(10)47(64-52)29-45-48(54)44(58-35-55-12)28-43(62-45)27-41-32-59-51(8,9)60-33-41)63-49-46(65-66(36(2)3,37(4)5)38(6)7)34-57-50(56-30-39-21-16-14-17-22-39)53(49,11)61-31-40-23-18-15-19-24-40/h13-24,36-38,41-50,54H,25-35H2,1-12H3/b20-13-/t42-,43-,44+,45-,46-,47+,48+,49-,50-,52+,53-/m1/s1. The number of methoxy groups -OCH3 is 1. The number of allylic oxidation sites excluding steroid dienone is 1. The van der Waals surface area contributed by atoms with Gasteiger partial charge in [0.05, 0.1) is 75.3 Å². The average Bonchev–Trinajstić information content (AvgIpc) is 3.94. The summed E-state index contributed by atoms with van der Waals surface area (Å²) in [6.45, 7) is 26.3. The maximum Gasteiger partial charge on any atom is 0.201 e. The highest BCUT2D eigenvalue weighted by atomic mass is 28.4. The molecule has 1 N–H and O–H groups in total. The Kier molecular flexibility index (Phi) is 19.1. The van der Waals surface area contributed by atoms with Gasteiger partial charge in [-0.05, 0) is 81.6 Å². The Hall–Kier alpha value is -2.08. The molecule has 0 unspecified atom stereocenters. The molecule has 372 valence electrons. The summed E-state index contributed by atoms with van der Waals surface area (Å²) >= 11 is 0. The summed E-state index contributed by atoms with van der Waals surface area (Å²) in [5, 5.41) is 11.6. The smallest absolute Gasteiger partial charge is 0.201 e. The summed E-state index contributed by atoms with van der Waals surface area (Å²) < 4.78 is 72.0. The van der Waals surface area contributed by atoms with Crippen LogP contribution in [-0.4, -0.2) is 119 Å². The Morgan fingerprint density at radius 3 is 2.02 bits per heavy atom. The first-order valence-corrected chi connectivity index (χ1v) is 26.9. The molecule has 4 saturated heterocycles. The second kappa shape index (κ2) is 23.7. The molecule has 66 heavy (non-hydrogen) atoms. The van der Waals surface area contributed by atoms with Crippen LogP contribution in [-0.2, 0) is 65.0 Å². The van der Waals surface area contributed by atoms with Gasteiger partial charge in [-0.2, -0.15) is 0 Å². The third kappa shape index (κ3) is 13.4. The first kappa shape index (κ1) is 53.3. The molecule has 12 nitrogen and oxygen atoms in total. The van der Waals surface area contributed by atoms with Crippen LogP contribution < -0.4 is 0 Å². The van der Waals surface area contributed by atoms with Crippen LogP contribution >= 0.6 is 0 Å². The fraction of sp³-hybridized carbons (Fsp3) is 0.736. The Balaban J connectivity index is 1.21. The molecule has 0 radical (unpaired) electrons. The molecule has 11 atom stereocenters. The number of epoxide rings is 1. The lowest BCUT2D eigenvalue weighted by Crippen LogP contribution is -2.67. The predicted octanol–water partition coefficient (Wildman–Crippen LogP) is 10.1. The molecule has 2 aromatic carbocycles. The van der Waals surface area contributed by atoms with Crippen LogP contribution in [0.4, 0.5) is 0 Å². The lowest BCUT2D eigenvalue weighted by molar-refractivity contribution is -0.337. The summed E-state index contributed by atoms with van der Waals surface area (Å²) in [5.74, 6) is -0.403. The van der Waals surface area contributed by atoms with Crippen LogP contribution in [0.2, 0.25) is 16.6 Å². The van der Waals surface area contributed by atoms with Gasteiger partial charge in [0.1, 0.15) is 24.6 Å². The minimum Gasteiger partial charge on any atom is -0.408 e. The normalized spacial score (nSPS) is 32.4. The Morgan fingerprint density at radius 2 is 1.42 bits per heavy atom. The summed E-state index contributed by atoms with van der Waals surface area (Å²) in [5.41, 5.74) is 1.64. The molecular weight excluding hydrogens is 857 g/mol. The molecule has 2 aromatic rings. The van der Waals surface area contributed by atoms with E-state index in [1.807, 2.05) is 57.2 Å². The van der Waals surface area contributed by atoms with E-state index in [-0.39, 0.29) is 31.0 Å². The van der Waals surface area contributed by atoms with Gasteiger partial charge in [-0.25, -0.2) is 0 Å². The predicted molar refractivity (Wildman–Crippen MR) is 257 cm³/mol. The molecule has 6 rings (SSSR count). The summed E-state index contributed by atoms with van der Waals surface area (Å²) in [7, 11) is -0.841. The van der Waals surface area contributed by atoms with Gasteiger partial charge in [0, 0.05) is 25.9 Å². The lowest BCUT2D eigenvalue weighted by Gasteiger charge is -2.53. The van der Waals surface area contributed by atoms with Crippen LogP contribution in [0.5, 0.6) is 0 Å². The molecule has 0 bridgehead atoms.